The molecule has 0 aliphatic carbocycles. The van der Waals surface area contributed by atoms with Crippen molar-refractivity contribution < 1.29 is 13.9 Å². The van der Waals surface area contributed by atoms with E-state index in [9.17, 15) is 9.59 Å². The average Bonchev–Trinajstić information content (AvgIpc) is 2.73. The first-order chi connectivity index (χ1) is 14.4. The lowest BCUT2D eigenvalue weighted by molar-refractivity contribution is -0.141. The van der Waals surface area contributed by atoms with Gasteiger partial charge < -0.3 is 9.15 Å². The fraction of sp³-hybridized carbons (Fsp3) is 0.167. The maximum absolute atomic E-state index is 12.4. The molecule has 30 heavy (non-hydrogen) atoms. The Kier molecular flexibility index (Phi) is 5.97. The molecule has 0 fully saturated rings. The van der Waals surface area contributed by atoms with E-state index < -0.39 is 5.63 Å². The molecule has 4 aromatic rings. The molecule has 0 bridgehead atoms. The lowest BCUT2D eigenvalue weighted by atomic mass is 10.0. The molecule has 0 atom stereocenters. The third-order valence-corrected chi connectivity index (χ3v) is 6.89. The zero-order valence-electron chi connectivity index (χ0n) is 16.5. The van der Waals surface area contributed by atoms with Crippen LogP contribution in [0.15, 0.2) is 73.2 Å². The van der Waals surface area contributed by atoms with E-state index in [1.165, 1.54) is 17.8 Å². The quantitative estimate of drug-likeness (QED) is 0.147. The fourth-order valence-corrected chi connectivity index (χ4v) is 4.74. The van der Waals surface area contributed by atoms with Gasteiger partial charge in [0.1, 0.15) is 12.2 Å². The second-order valence-electron chi connectivity index (χ2n) is 7.07. The van der Waals surface area contributed by atoms with E-state index in [2.05, 4.69) is 22.0 Å². The van der Waals surface area contributed by atoms with Gasteiger partial charge in [-0.25, -0.2) is 4.79 Å². The highest BCUT2D eigenvalue weighted by Gasteiger charge is 2.13. The highest BCUT2D eigenvalue weighted by atomic mass is 79.9. The zero-order valence-corrected chi connectivity index (χ0v) is 18.9. The highest BCUT2D eigenvalue weighted by molar-refractivity contribution is 9.10. The third kappa shape index (κ3) is 4.30. The van der Waals surface area contributed by atoms with Crippen LogP contribution in [0.1, 0.15) is 16.7 Å². The number of halogens is 1. The summed E-state index contributed by atoms with van der Waals surface area (Å²) in [7, 11) is 0. The van der Waals surface area contributed by atoms with Crippen LogP contribution in [-0.4, -0.2) is 11.7 Å². The van der Waals surface area contributed by atoms with Crippen molar-refractivity contribution in [2.45, 2.75) is 25.3 Å². The molecule has 1 aromatic heterocycles. The Bertz CT molecular complexity index is 1330. The SMILES string of the molecule is Cc1cc(SCC(=O)OCc2cc(=O)oc3ccc4ccccc4c23)c(C)cc1Br. The van der Waals surface area contributed by atoms with Gasteiger partial charge in [0.05, 0.1) is 5.75 Å². The summed E-state index contributed by atoms with van der Waals surface area (Å²) in [6, 6.07) is 17.0. The van der Waals surface area contributed by atoms with Crippen LogP contribution >= 0.6 is 27.7 Å². The highest BCUT2D eigenvalue weighted by Crippen LogP contribution is 2.30. The average molecular weight is 483 g/mol. The number of hydrogen-bond donors (Lipinski definition) is 0. The monoisotopic (exact) mass is 482 g/mol. The molecule has 0 N–H and O–H groups in total. The van der Waals surface area contributed by atoms with Crippen LogP contribution in [0.4, 0.5) is 0 Å². The molecule has 4 rings (SSSR count). The van der Waals surface area contributed by atoms with Crippen molar-refractivity contribution in [1.82, 2.24) is 0 Å². The smallest absolute Gasteiger partial charge is 0.336 e. The number of aryl methyl sites for hydroxylation is 2. The normalized spacial score (nSPS) is 11.2. The Morgan fingerprint density at radius 1 is 1.07 bits per heavy atom. The van der Waals surface area contributed by atoms with Gasteiger partial charge in [-0.3, -0.25) is 4.79 Å². The Hall–Kier alpha value is -2.57. The molecule has 0 unspecified atom stereocenters. The Labute approximate surface area is 186 Å². The van der Waals surface area contributed by atoms with E-state index in [4.69, 9.17) is 9.15 Å². The summed E-state index contributed by atoms with van der Waals surface area (Å²) in [6.45, 7) is 4.05. The van der Waals surface area contributed by atoms with Crippen molar-refractivity contribution in [2.24, 2.45) is 0 Å². The molecule has 1 heterocycles. The maximum Gasteiger partial charge on any atom is 0.336 e. The molecule has 0 saturated heterocycles. The Morgan fingerprint density at radius 3 is 2.70 bits per heavy atom. The molecular weight excluding hydrogens is 464 g/mol. The largest absolute Gasteiger partial charge is 0.460 e. The summed E-state index contributed by atoms with van der Waals surface area (Å²) in [5.41, 5.74) is 2.89. The van der Waals surface area contributed by atoms with Crippen LogP contribution in [0.2, 0.25) is 0 Å². The molecule has 3 aromatic carbocycles. The van der Waals surface area contributed by atoms with Crippen LogP contribution in [0.25, 0.3) is 21.7 Å². The lowest BCUT2D eigenvalue weighted by Crippen LogP contribution is -2.09. The topological polar surface area (TPSA) is 56.5 Å². The molecule has 6 heteroatoms. The van der Waals surface area contributed by atoms with Crippen LogP contribution in [0, 0.1) is 13.8 Å². The number of fused-ring (bicyclic) bond motifs is 3. The van der Waals surface area contributed by atoms with Gasteiger partial charge in [-0.1, -0.05) is 46.3 Å². The van der Waals surface area contributed by atoms with Gasteiger partial charge in [0.25, 0.3) is 0 Å². The summed E-state index contributed by atoms with van der Waals surface area (Å²) in [5.74, 6) is -0.135. The fourth-order valence-electron chi connectivity index (χ4n) is 3.38. The Balaban J connectivity index is 1.53. The molecule has 0 aliphatic heterocycles. The van der Waals surface area contributed by atoms with Crippen LogP contribution < -0.4 is 5.63 Å². The molecule has 4 nitrogen and oxygen atoms in total. The first kappa shape index (κ1) is 20.7. The van der Waals surface area contributed by atoms with Crippen LogP contribution in [0.5, 0.6) is 0 Å². The van der Waals surface area contributed by atoms with Gasteiger partial charge in [-0.15, -0.1) is 11.8 Å². The summed E-state index contributed by atoms with van der Waals surface area (Å²) in [4.78, 5) is 25.4. The van der Waals surface area contributed by atoms with Gasteiger partial charge in [-0.2, -0.15) is 0 Å². The van der Waals surface area contributed by atoms with Gasteiger partial charge >= 0.3 is 11.6 Å². The maximum atomic E-state index is 12.4. The zero-order chi connectivity index (χ0) is 21.3. The minimum atomic E-state index is -0.459. The minimum Gasteiger partial charge on any atom is -0.460 e. The first-order valence-corrected chi connectivity index (χ1v) is 11.2. The van der Waals surface area contributed by atoms with Crippen molar-refractivity contribution >= 4 is 55.4 Å². The second-order valence-corrected chi connectivity index (χ2v) is 8.94. The van der Waals surface area contributed by atoms with Crippen molar-refractivity contribution in [2.75, 3.05) is 5.75 Å². The van der Waals surface area contributed by atoms with E-state index in [1.807, 2.05) is 50.2 Å². The second kappa shape index (κ2) is 8.66. The summed E-state index contributed by atoms with van der Waals surface area (Å²) < 4.78 is 11.9. The number of benzene rings is 3. The van der Waals surface area contributed by atoms with E-state index >= 15 is 0 Å². The van der Waals surface area contributed by atoms with E-state index in [0.29, 0.717) is 11.1 Å². The number of ether oxygens (including phenoxy) is 1. The summed E-state index contributed by atoms with van der Waals surface area (Å²) in [6.07, 6.45) is 0. The van der Waals surface area contributed by atoms with Gasteiger partial charge in [0, 0.05) is 26.4 Å². The first-order valence-electron chi connectivity index (χ1n) is 9.42. The Morgan fingerprint density at radius 2 is 1.87 bits per heavy atom. The molecule has 0 spiro atoms. The summed E-state index contributed by atoms with van der Waals surface area (Å²) in [5, 5.41) is 2.79. The molecule has 0 radical (unpaired) electrons. The lowest BCUT2D eigenvalue weighted by Gasteiger charge is -2.11. The molecule has 0 saturated carbocycles. The standard InChI is InChI=1S/C24H19BrO4S/c1-14-10-21(15(2)9-19(14)25)30-13-23(27)28-12-17-11-22(26)29-20-8-7-16-5-3-4-6-18(16)24(17)20/h3-11H,12-13H2,1-2H3. The number of hydrogen-bond acceptors (Lipinski definition) is 5. The predicted octanol–water partition coefficient (Wildman–Crippen LogP) is 6.16. The molecular formula is C24H19BrO4S. The van der Waals surface area contributed by atoms with Crippen molar-refractivity contribution in [3.05, 3.63) is 86.2 Å². The number of rotatable bonds is 5. The third-order valence-electron chi connectivity index (χ3n) is 4.90. The van der Waals surface area contributed by atoms with Crippen molar-refractivity contribution in [1.29, 1.82) is 0 Å². The van der Waals surface area contributed by atoms with Gasteiger partial charge in [0.2, 0.25) is 0 Å². The van der Waals surface area contributed by atoms with E-state index in [0.717, 1.165) is 36.7 Å². The van der Waals surface area contributed by atoms with Gasteiger partial charge in [0.15, 0.2) is 0 Å². The van der Waals surface area contributed by atoms with Gasteiger partial charge in [-0.05, 0) is 53.9 Å². The molecule has 0 amide bonds. The number of carbonyl (C=O) groups excluding carboxylic acids is 1. The van der Waals surface area contributed by atoms with Crippen molar-refractivity contribution in [3.8, 4) is 0 Å². The van der Waals surface area contributed by atoms with E-state index in [1.54, 1.807) is 6.07 Å². The summed E-state index contributed by atoms with van der Waals surface area (Å²) >= 11 is 4.97. The molecule has 152 valence electrons. The predicted molar refractivity (Wildman–Crippen MR) is 124 cm³/mol. The number of esters is 1. The number of thioether (sulfide) groups is 1. The minimum absolute atomic E-state index is 0.0217. The van der Waals surface area contributed by atoms with Crippen molar-refractivity contribution in [3.63, 3.8) is 0 Å². The molecule has 0 aliphatic rings. The van der Waals surface area contributed by atoms with Crippen LogP contribution in [-0.2, 0) is 16.1 Å². The number of carbonyl (C=O) groups is 1. The van der Waals surface area contributed by atoms with Crippen LogP contribution in [0.3, 0.4) is 0 Å². The van der Waals surface area contributed by atoms with E-state index in [-0.39, 0.29) is 18.3 Å².